The number of benzene rings is 2. The summed E-state index contributed by atoms with van der Waals surface area (Å²) in [6, 6.07) is 13.4. The number of nitrogens with one attached hydrogen (secondary N) is 1. The molecule has 2 aromatic carbocycles. The van der Waals surface area contributed by atoms with Crippen LogP contribution in [0.5, 0.6) is 5.75 Å². The highest BCUT2D eigenvalue weighted by Gasteiger charge is 2.32. The molecule has 0 saturated heterocycles. The van der Waals surface area contributed by atoms with Crippen LogP contribution in [0.15, 0.2) is 42.5 Å². The fourth-order valence-electron chi connectivity index (χ4n) is 3.72. The van der Waals surface area contributed by atoms with Crippen molar-refractivity contribution in [2.45, 2.75) is 46.1 Å². The first-order valence-corrected chi connectivity index (χ1v) is 10.3. The summed E-state index contributed by atoms with van der Waals surface area (Å²) in [6.45, 7) is 7.71. The van der Waals surface area contributed by atoms with Crippen molar-refractivity contribution in [2.75, 3.05) is 5.32 Å². The molecule has 0 amide bonds. The lowest BCUT2D eigenvalue weighted by atomic mass is 9.93. The van der Waals surface area contributed by atoms with Crippen LogP contribution < -0.4 is 10.1 Å². The second-order valence-electron chi connectivity index (χ2n) is 8.28. The minimum Gasteiger partial charge on any atom is -0.487 e. The molecule has 0 saturated carbocycles. The Kier molecular flexibility index (Phi) is 5.24. The molecule has 0 bridgehead atoms. The summed E-state index contributed by atoms with van der Waals surface area (Å²) in [6.07, 6.45) is 1.03. The smallest absolute Gasteiger partial charge is 0.170 e. The molecule has 154 valence electrons. The van der Waals surface area contributed by atoms with Crippen LogP contribution in [0.25, 0.3) is 0 Å². The number of ketones is 1. The molecule has 0 unspecified atom stereocenters. The van der Waals surface area contributed by atoms with E-state index in [1.165, 1.54) is 0 Å². The van der Waals surface area contributed by atoms with Crippen molar-refractivity contribution >= 4 is 28.9 Å². The molecule has 0 atom stereocenters. The lowest BCUT2D eigenvalue weighted by Crippen LogP contribution is -2.35. The van der Waals surface area contributed by atoms with Crippen LogP contribution in [0.2, 0.25) is 5.02 Å². The molecule has 0 aliphatic carbocycles. The Morgan fingerprint density at radius 2 is 1.83 bits per heavy atom. The van der Waals surface area contributed by atoms with E-state index in [0.29, 0.717) is 35.0 Å². The van der Waals surface area contributed by atoms with Gasteiger partial charge in [0.15, 0.2) is 5.78 Å². The van der Waals surface area contributed by atoms with Crippen LogP contribution in [0.1, 0.15) is 53.3 Å². The molecule has 0 spiro atoms. The summed E-state index contributed by atoms with van der Waals surface area (Å²) < 4.78 is 5.96. The summed E-state index contributed by atoms with van der Waals surface area (Å²) in [4.78, 5) is 21.8. The van der Waals surface area contributed by atoms with Crippen molar-refractivity contribution < 1.29 is 9.53 Å². The number of carbonyl (C=O) groups excluding carboxylic acids is 1. The van der Waals surface area contributed by atoms with Gasteiger partial charge in [-0.3, -0.25) is 4.79 Å². The second-order valence-corrected chi connectivity index (χ2v) is 8.72. The molecule has 6 heteroatoms. The maximum Gasteiger partial charge on any atom is 0.170 e. The number of rotatable bonds is 4. The van der Waals surface area contributed by atoms with Gasteiger partial charge in [0, 0.05) is 28.4 Å². The van der Waals surface area contributed by atoms with E-state index in [4.69, 9.17) is 16.3 Å². The van der Waals surface area contributed by atoms with Gasteiger partial charge < -0.3 is 10.1 Å². The van der Waals surface area contributed by atoms with Gasteiger partial charge in [0.1, 0.15) is 23.0 Å². The van der Waals surface area contributed by atoms with E-state index in [2.05, 4.69) is 15.3 Å². The van der Waals surface area contributed by atoms with Crippen LogP contribution in [0.4, 0.5) is 11.5 Å². The molecule has 1 aromatic heterocycles. The molecule has 0 radical (unpaired) electrons. The molecular weight excluding hydrogens is 398 g/mol. The third kappa shape index (κ3) is 4.31. The maximum absolute atomic E-state index is 12.6. The number of hydrogen-bond donors (Lipinski definition) is 1. The Hall–Kier alpha value is -2.92. The van der Waals surface area contributed by atoms with E-state index in [1.54, 1.807) is 0 Å². The second kappa shape index (κ2) is 7.73. The van der Waals surface area contributed by atoms with Gasteiger partial charge in [0.2, 0.25) is 0 Å². The zero-order valence-corrected chi connectivity index (χ0v) is 18.3. The molecule has 3 aromatic rings. The Bertz CT molecular complexity index is 1120. The minimum absolute atomic E-state index is 0.0846. The standard InChI is InChI=1S/C24H24ClN3O2/c1-14-19(11-16-5-7-17(25)8-6-16)23(27-15(2)26-14)28-18-9-10-22-20(12-18)21(29)13-24(3,4)30-22/h5-10,12H,11,13H2,1-4H3,(H,26,27,28). The van der Waals surface area contributed by atoms with Gasteiger partial charge in [-0.1, -0.05) is 23.7 Å². The number of Topliss-reactive ketones (excluding diaryl/α,β-unsaturated/α-hetero) is 1. The largest absolute Gasteiger partial charge is 0.487 e. The van der Waals surface area contributed by atoms with E-state index in [-0.39, 0.29) is 5.78 Å². The van der Waals surface area contributed by atoms with Crippen LogP contribution in [-0.2, 0) is 6.42 Å². The predicted octanol–water partition coefficient (Wildman–Crippen LogP) is 5.83. The number of aromatic nitrogens is 2. The van der Waals surface area contributed by atoms with Gasteiger partial charge in [0.05, 0.1) is 12.0 Å². The topological polar surface area (TPSA) is 64.1 Å². The van der Waals surface area contributed by atoms with Crippen molar-refractivity contribution in [3.05, 3.63) is 75.7 Å². The lowest BCUT2D eigenvalue weighted by Gasteiger charge is -2.31. The van der Waals surface area contributed by atoms with Crippen LogP contribution in [0.3, 0.4) is 0 Å². The number of anilines is 2. The summed E-state index contributed by atoms with van der Waals surface area (Å²) in [5.41, 5.74) is 3.95. The van der Waals surface area contributed by atoms with Gasteiger partial charge in [-0.05, 0) is 63.6 Å². The first kappa shape index (κ1) is 20.4. The average molecular weight is 422 g/mol. The fraction of sp³-hybridized carbons (Fsp3) is 0.292. The Morgan fingerprint density at radius 1 is 1.10 bits per heavy atom. The molecular formula is C24H24ClN3O2. The van der Waals surface area contributed by atoms with E-state index in [0.717, 1.165) is 28.3 Å². The van der Waals surface area contributed by atoms with Gasteiger partial charge in [-0.25, -0.2) is 9.97 Å². The highest BCUT2D eigenvalue weighted by atomic mass is 35.5. The van der Waals surface area contributed by atoms with Crippen molar-refractivity contribution in [1.29, 1.82) is 0 Å². The average Bonchev–Trinajstić information content (AvgIpc) is 2.66. The maximum atomic E-state index is 12.6. The van der Waals surface area contributed by atoms with E-state index >= 15 is 0 Å². The number of aryl methyl sites for hydroxylation is 2. The third-order valence-electron chi connectivity index (χ3n) is 5.14. The summed E-state index contributed by atoms with van der Waals surface area (Å²) in [5.74, 6) is 2.13. The monoisotopic (exact) mass is 421 g/mol. The molecule has 1 N–H and O–H groups in total. The first-order valence-electron chi connectivity index (χ1n) is 9.92. The molecule has 1 aliphatic heterocycles. The Labute approximate surface area is 181 Å². The number of ether oxygens (including phenoxy) is 1. The molecule has 2 heterocycles. The highest BCUT2D eigenvalue weighted by Crippen LogP contribution is 2.35. The van der Waals surface area contributed by atoms with E-state index in [9.17, 15) is 4.79 Å². The number of halogens is 1. The highest BCUT2D eigenvalue weighted by molar-refractivity contribution is 6.30. The van der Waals surface area contributed by atoms with Crippen molar-refractivity contribution in [2.24, 2.45) is 0 Å². The van der Waals surface area contributed by atoms with Crippen molar-refractivity contribution in [3.63, 3.8) is 0 Å². The summed E-state index contributed by atoms with van der Waals surface area (Å²) in [7, 11) is 0. The first-order chi connectivity index (χ1) is 14.2. The number of hydrogen-bond acceptors (Lipinski definition) is 5. The third-order valence-corrected chi connectivity index (χ3v) is 5.39. The zero-order chi connectivity index (χ0) is 21.5. The van der Waals surface area contributed by atoms with Gasteiger partial charge in [-0.15, -0.1) is 0 Å². The van der Waals surface area contributed by atoms with Crippen LogP contribution >= 0.6 is 11.6 Å². The fourth-order valence-corrected chi connectivity index (χ4v) is 3.85. The summed E-state index contributed by atoms with van der Waals surface area (Å²) in [5, 5.41) is 4.10. The lowest BCUT2D eigenvalue weighted by molar-refractivity contribution is 0.0620. The van der Waals surface area contributed by atoms with E-state index in [1.807, 2.05) is 70.2 Å². The van der Waals surface area contributed by atoms with Crippen LogP contribution in [0, 0.1) is 13.8 Å². The quantitative estimate of drug-likeness (QED) is 0.574. The predicted molar refractivity (Wildman–Crippen MR) is 119 cm³/mol. The van der Waals surface area contributed by atoms with Gasteiger partial charge in [-0.2, -0.15) is 0 Å². The Morgan fingerprint density at radius 3 is 2.57 bits per heavy atom. The van der Waals surface area contributed by atoms with Gasteiger partial charge >= 0.3 is 0 Å². The minimum atomic E-state index is -0.480. The molecule has 4 rings (SSSR count). The normalized spacial score (nSPS) is 14.8. The molecule has 0 fully saturated rings. The molecule has 1 aliphatic rings. The van der Waals surface area contributed by atoms with Gasteiger partial charge in [0.25, 0.3) is 0 Å². The molecule has 5 nitrogen and oxygen atoms in total. The zero-order valence-electron chi connectivity index (χ0n) is 17.5. The van der Waals surface area contributed by atoms with E-state index < -0.39 is 5.60 Å². The van der Waals surface area contributed by atoms with Crippen molar-refractivity contribution in [1.82, 2.24) is 9.97 Å². The Balaban J connectivity index is 1.67. The number of carbonyl (C=O) groups is 1. The van der Waals surface area contributed by atoms with Crippen LogP contribution in [-0.4, -0.2) is 21.4 Å². The number of fused-ring (bicyclic) bond motifs is 1. The van der Waals surface area contributed by atoms with Crippen molar-refractivity contribution in [3.8, 4) is 5.75 Å². The number of nitrogens with zero attached hydrogens (tertiary/aromatic N) is 2. The summed E-state index contributed by atoms with van der Waals surface area (Å²) >= 11 is 6.02. The molecule has 30 heavy (non-hydrogen) atoms. The SMILES string of the molecule is Cc1nc(C)c(Cc2ccc(Cl)cc2)c(Nc2ccc3c(c2)C(=O)CC(C)(C)O3)n1.